The summed E-state index contributed by atoms with van der Waals surface area (Å²) in [6, 6.07) is 4.58. The normalized spacial score (nSPS) is 12.3. The third-order valence-electron chi connectivity index (χ3n) is 2.81. The smallest absolute Gasteiger partial charge is 0.251 e. The minimum atomic E-state index is -0.263. The van der Waals surface area contributed by atoms with E-state index in [0.29, 0.717) is 17.0 Å². The summed E-state index contributed by atoms with van der Waals surface area (Å²) in [5, 5.41) is 11.9. The number of anilines is 1. The predicted octanol–water partition coefficient (Wildman–Crippen LogP) is 1.02. The lowest BCUT2D eigenvalue weighted by atomic mass is 10.0. The molecule has 0 aliphatic carbocycles. The number of hydrogen-bond donors (Lipinski definition) is 3. The predicted molar refractivity (Wildman–Crippen MR) is 70.6 cm³/mol. The molecule has 0 bridgehead atoms. The van der Waals surface area contributed by atoms with Crippen molar-refractivity contribution in [3.63, 3.8) is 0 Å². The van der Waals surface area contributed by atoms with Crippen LogP contribution in [0.15, 0.2) is 18.2 Å². The van der Waals surface area contributed by atoms with E-state index in [9.17, 15) is 4.79 Å². The van der Waals surface area contributed by atoms with Crippen molar-refractivity contribution in [1.82, 2.24) is 5.32 Å². The average molecular weight is 252 g/mol. The van der Waals surface area contributed by atoms with E-state index in [-0.39, 0.29) is 24.5 Å². The minimum absolute atomic E-state index is 0.0883. The molecule has 1 amide bonds. The molecule has 0 aromatic heterocycles. The molecule has 1 aromatic rings. The summed E-state index contributed by atoms with van der Waals surface area (Å²) < 4.78 is 5.02. The number of nitrogens with two attached hydrogens (primary N) is 1. The van der Waals surface area contributed by atoms with Gasteiger partial charge in [-0.1, -0.05) is 13.8 Å². The Hall–Kier alpha value is -1.75. The highest BCUT2D eigenvalue weighted by Gasteiger charge is 2.16. The quantitative estimate of drug-likeness (QED) is 0.683. The van der Waals surface area contributed by atoms with Crippen LogP contribution in [0, 0.1) is 5.92 Å². The number of carbonyl (C=O) groups is 1. The van der Waals surface area contributed by atoms with Crippen LogP contribution in [0.4, 0.5) is 5.69 Å². The molecule has 0 radical (unpaired) electrons. The SMILES string of the molecule is COc1ccc(C(=O)NC(CO)C(C)C)cc1N. The van der Waals surface area contributed by atoms with E-state index in [2.05, 4.69) is 5.32 Å². The Balaban J connectivity index is 2.81. The van der Waals surface area contributed by atoms with Crippen LogP contribution in [0.25, 0.3) is 0 Å². The van der Waals surface area contributed by atoms with Gasteiger partial charge in [-0.15, -0.1) is 0 Å². The first-order valence-electron chi connectivity index (χ1n) is 5.84. The van der Waals surface area contributed by atoms with Crippen molar-refractivity contribution < 1.29 is 14.6 Å². The molecule has 1 unspecified atom stereocenters. The van der Waals surface area contributed by atoms with Crippen LogP contribution < -0.4 is 15.8 Å². The number of aliphatic hydroxyl groups excluding tert-OH is 1. The average Bonchev–Trinajstić information content (AvgIpc) is 2.35. The lowest BCUT2D eigenvalue weighted by Gasteiger charge is -2.20. The Bertz CT molecular complexity index is 419. The second kappa shape index (κ2) is 6.26. The van der Waals surface area contributed by atoms with Crippen molar-refractivity contribution in [1.29, 1.82) is 0 Å². The molecule has 0 fully saturated rings. The number of hydrogen-bond acceptors (Lipinski definition) is 4. The van der Waals surface area contributed by atoms with Gasteiger partial charge in [0.15, 0.2) is 0 Å². The number of carbonyl (C=O) groups excluding carboxylic acids is 1. The molecule has 5 nitrogen and oxygen atoms in total. The van der Waals surface area contributed by atoms with Gasteiger partial charge in [0.1, 0.15) is 5.75 Å². The molecule has 1 aromatic carbocycles. The summed E-state index contributed by atoms with van der Waals surface area (Å²) in [4.78, 5) is 12.0. The molecule has 1 atom stereocenters. The zero-order chi connectivity index (χ0) is 13.7. The van der Waals surface area contributed by atoms with Gasteiger partial charge < -0.3 is 20.9 Å². The summed E-state index contributed by atoms with van der Waals surface area (Å²) in [7, 11) is 1.52. The van der Waals surface area contributed by atoms with Crippen molar-refractivity contribution in [3.05, 3.63) is 23.8 Å². The van der Waals surface area contributed by atoms with E-state index in [1.54, 1.807) is 18.2 Å². The fourth-order valence-corrected chi connectivity index (χ4v) is 1.55. The van der Waals surface area contributed by atoms with Crippen LogP contribution in [-0.2, 0) is 0 Å². The number of nitrogens with one attached hydrogen (secondary N) is 1. The second-order valence-corrected chi connectivity index (χ2v) is 4.46. The van der Waals surface area contributed by atoms with Gasteiger partial charge in [0.25, 0.3) is 5.91 Å². The van der Waals surface area contributed by atoms with E-state index < -0.39 is 0 Å². The lowest BCUT2D eigenvalue weighted by Crippen LogP contribution is -2.41. The molecule has 0 saturated carbocycles. The van der Waals surface area contributed by atoms with Gasteiger partial charge in [-0.2, -0.15) is 0 Å². The minimum Gasteiger partial charge on any atom is -0.495 e. The van der Waals surface area contributed by atoms with E-state index in [1.165, 1.54) is 7.11 Å². The monoisotopic (exact) mass is 252 g/mol. The maximum atomic E-state index is 12.0. The molecule has 0 aliphatic rings. The van der Waals surface area contributed by atoms with Gasteiger partial charge in [-0.25, -0.2) is 0 Å². The first-order valence-corrected chi connectivity index (χ1v) is 5.84. The van der Waals surface area contributed by atoms with Crippen LogP contribution in [0.5, 0.6) is 5.75 Å². The van der Waals surface area contributed by atoms with Gasteiger partial charge in [0.2, 0.25) is 0 Å². The van der Waals surface area contributed by atoms with Crippen LogP contribution in [-0.4, -0.2) is 30.8 Å². The first kappa shape index (κ1) is 14.3. The Morgan fingerprint density at radius 1 is 1.50 bits per heavy atom. The summed E-state index contributed by atoms with van der Waals surface area (Å²) in [5.74, 6) is 0.445. The first-order chi connectivity index (χ1) is 8.49. The van der Waals surface area contributed by atoms with Gasteiger partial charge in [0, 0.05) is 5.56 Å². The number of ether oxygens (including phenoxy) is 1. The highest BCUT2D eigenvalue weighted by atomic mass is 16.5. The van der Waals surface area contributed by atoms with Crippen molar-refractivity contribution in [2.75, 3.05) is 19.5 Å². The standard InChI is InChI=1S/C13H20N2O3/c1-8(2)11(7-16)15-13(17)9-4-5-12(18-3)10(14)6-9/h4-6,8,11,16H,7,14H2,1-3H3,(H,15,17). The second-order valence-electron chi connectivity index (χ2n) is 4.46. The Morgan fingerprint density at radius 3 is 2.61 bits per heavy atom. The van der Waals surface area contributed by atoms with E-state index >= 15 is 0 Å². The topological polar surface area (TPSA) is 84.6 Å². The number of aliphatic hydroxyl groups is 1. The summed E-state index contributed by atoms with van der Waals surface area (Å²) in [5.41, 5.74) is 6.60. The highest BCUT2D eigenvalue weighted by Crippen LogP contribution is 2.21. The number of amides is 1. The number of nitrogen functional groups attached to an aromatic ring is 1. The molecule has 0 saturated heterocycles. The number of methoxy groups -OCH3 is 1. The third kappa shape index (κ3) is 3.37. The molecule has 4 N–H and O–H groups in total. The van der Waals surface area contributed by atoms with E-state index in [4.69, 9.17) is 15.6 Å². The Morgan fingerprint density at radius 2 is 2.17 bits per heavy atom. The van der Waals surface area contributed by atoms with Gasteiger partial charge >= 0.3 is 0 Å². The fraction of sp³-hybridized carbons (Fsp3) is 0.462. The zero-order valence-corrected chi connectivity index (χ0v) is 10.9. The molecule has 0 aliphatic heterocycles. The van der Waals surface area contributed by atoms with Gasteiger partial charge in [-0.05, 0) is 24.1 Å². The molecule has 5 heteroatoms. The fourth-order valence-electron chi connectivity index (χ4n) is 1.55. The Labute approximate surface area is 107 Å². The zero-order valence-electron chi connectivity index (χ0n) is 10.9. The molecule has 100 valence electrons. The number of rotatable bonds is 5. The summed E-state index contributed by atoms with van der Waals surface area (Å²) in [6.45, 7) is 3.78. The maximum absolute atomic E-state index is 12.0. The molecule has 1 rings (SSSR count). The van der Waals surface area contributed by atoms with Crippen molar-refractivity contribution in [2.45, 2.75) is 19.9 Å². The largest absolute Gasteiger partial charge is 0.495 e. The van der Waals surface area contributed by atoms with Crippen LogP contribution in [0.1, 0.15) is 24.2 Å². The summed E-state index contributed by atoms with van der Waals surface area (Å²) in [6.07, 6.45) is 0. The van der Waals surface area contributed by atoms with Gasteiger partial charge in [-0.3, -0.25) is 4.79 Å². The molecule has 0 spiro atoms. The van der Waals surface area contributed by atoms with E-state index in [1.807, 2.05) is 13.8 Å². The molecular weight excluding hydrogens is 232 g/mol. The summed E-state index contributed by atoms with van der Waals surface area (Å²) >= 11 is 0. The van der Waals surface area contributed by atoms with Crippen molar-refractivity contribution in [3.8, 4) is 5.75 Å². The molecule has 0 heterocycles. The van der Waals surface area contributed by atoms with Crippen LogP contribution in [0.3, 0.4) is 0 Å². The van der Waals surface area contributed by atoms with E-state index in [0.717, 1.165) is 0 Å². The lowest BCUT2D eigenvalue weighted by molar-refractivity contribution is 0.0897. The van der Waals surface area contributed by atoms with Crippen LogP contribution >= 0.6 is 0 Å². The number of benzene rings is 1. The highest BCUT2D eigenvalue weighted by molar-refractivity contribution is 5.95. The van der Waals surface area contributed by atoms with Crippen LogP contribution in [0.2, 0.25) is 0 Å². The molecule has 18 heavy (non-hydrogen) atoms. The maximum Gasteiger partial charge on any atom is 0.251 e. The molecular formula is C13H20N2O3. The Kier molecular flexibility index (Phi) is 4.97. The third-order valence-corrected chi connectivity index (χ3v) is 2.81. The van der Waals surface area contributed by atoms with Crippen molar-refractivity contribution in [2.24, 2.45) is 5.92 Å². The van der Waals surface area contributed by atoms with Gasteiger partial charge in [0.05, 0.1) is 25.4 Å². The van der Waals surface area contributed by atoms with Crippen molar-refractivity contribution >= 4 is 11.6 Å².